The minimum atomic E-state index is -3.70. The van der Waals surface area contributed by atoms with E-state index in [2.05, 4.69) is 10.0 Å². The highest BCUT2D eigenvalue weighted by molar-refractivity contribution is 7.89. The average molecular weight is 309 g/mol. The van der Waals surface area contributed by atoms with Gasteiger partial charge in [0.2, 0.25) is 15.9 Å². The van der Waals surface area contributed by atoms with Gasteiger partial charge in [-0.1, -0.05) is 19.9 Å². The third kappa shape index (κ3) is 5.94. The maximum atomic E-state index is 12.0. The van der Waals surface area contributed by atoms with Crippen molar-refractivity contribution in [1.29, 1.82) is 5.26 Å². The van der Waals surface area contributed by atoms with Gasteiger partial charge in [-0.15, -0.1) is 0 Å². The van der Waals surface area contributed by atoms with Gasteiger partial charge >= 0.3 is 0 Å². The number of nitrogens with zero attached hydrogens (tertiary/aromatic N) is 1. The fourth-order valence-corrected chi connectivity index (χ4v) is 2.60. The molecule has 0 aromatic heterocycles. The summed E-state index contributed by atoms with van der Waals surface area (Å²) in [5, 5.41) is 11.5. The molecule has 1 aromatic carbocycles. The van der Waals surface area contributed by atoms with E-state index in [1.807, 2.05) is 19.9 Å². The monoisotopic (exact) mass is 309 g/mol. The molecule has 0 spiro atoms. The van der Waals surface area contributed by atoms with E-state index in [-0.39, 0.29) is 29.3 Å². The Morgan fingerprint density at radius 2 is 2.10 bits per heavy atom. The van der Waals surface area contributed by atoms with Crippen LogP contribution < -0.4 is 10.0 Å². The Bertz CT molecular complexity index is 633. The van der Waals surface area contributed by atoms with Crippen LogP contribution in [-0.2, 0) is 14.8 Å². The third-order valence-corrected chi connectivity index (χ3v) is 4.08. The van der Waals surface area contributed by atoms with Gasteiger partial charge < -0.3 is 5.32 Å². The molecule has 1 rings (SSSR count). The molecule has 0 aliphatic heterocycles. The van der Waals surface area contributed by atoms with Crippen molar-refractivity contribution in [3.8, 4) is 6.07 Å². The van der Waals surface area contributed by atoms with Crippen molar-refractivity contribution in [2.75, 3.05) is 13.1 Å². The van der Waals surface area contributed by atoms with E-state index in [0.717, 1.165) is 0 Å². The molecule has 0 fully saturated rings. The van der Waals surface area contributed by atoms with Crippen LogP contribution >= 0.6 is 0 Å². The lowest BCUT2D eigenvalue weighted by molar-refractivity contribution is -0.121. The van der Waals surface area contributed by atoms with Crippen LogP contribution in [0.2, 0.25) is 0 Å². The molecule has 0 radical (unpaired) electrons. The molecule has 7 heteroatoms. The Morgan fingerprint density at radius 3 is 2.71 bits per heavy atom. The van der Waals surface area contributed by atoms with Gasteiger partial charge in [0.25, 0.3) is 0 Å². The maximum Gasteiger partial charge on any atom is 0.240 e. The van der Waals surface area contributed by atoms with Crippen LogP contribution in [-0.4, -0.2) is 27.4 Å². The van der Waals surface area contributed by atoms with E-state index in [1.54, 1.807) is 0 Å². The summed E-state index contributed by atoms with van der Waals surface area (Å²) in [6.45, 7) is 4.54. The number of hydrogen-bond donors (Lipinski definition) is 2. The van der Waals surface area contributed by atoms with Crippen LogP contribution in [0.15, 0.2) is 29.2 Å². The number of benzene rings is 1. The summed E-state index contributed by atoms with van der Waals surface area (Å²) >= 11 is 0. The standard InChI is InChI=1S/C14H19N3O3S/c1-11(2)10-16-14(18)6-7-17-21(19,20)13-5-3-4-12(8-13)9-15/h3-5,8,11,17H,6-7,10H2,1-2H3,(H,16,18). The molecule has 1 aromatic rings. The van der Waals surface area contributed by atoms with Gasteiger partial charge in [0.15, 0.2) is 0 Å². The topological polar surface area (TPSA) is 99.1 Å². The van der Waals surface area contributed by atoms with E-state index in [4.69, 9.17) is 5.26 Å². The zero-order valence-electron chi connectivity index (χ0n) is 12.1. The first-order chi connectivity index (χ1) is 9.85. The summed E-state index contributed by atoms with van der Waals surface area (Å²) in [7, 11) is -3.70. The van der Waals surface area contributed by atoms with Crippen molar-refractivity contribution in [2.45, 2.75) is 25.2 Å². The minimum Gasteiger partial charge on any atom is -0.356 e. The van der Waals surface area contributed by atoms with Gasteiger partial charge in [-0.2, -0.15) is 5.26 Å². The number of nitriles is 1. The number of sulfonamides is 1. The molecule has 0 atom stereocenters. The quantitative estimate of drug-likeness (QED) is 0.785. The van der Waals surface area contributed by atoms with E-state index in [9.17, 15) is 13.2 Å². The summed E-state index contributed by atoms with van der Waals surface area (Å²) in [6.07, 6.45) is 0.0733. The lowest BCUT2D eigenvalue weighted by Crippen LogP contribution is -2.32. The van der Waals surface area contributed by atoms with E-state index in [1.165, 1.54) is 24.3 Å². The molecular weight excluding hydrogens is 290 g/mol. The van der Waals surface area contributed by atoms with Crippen LogP contribution in [0.1, 0.15) is 25.8 Å². The Labute approximate surface area is 125 Å². The van der Waals surface area contributed by atoms with Crippen LogP contribution in [0, 0.1) is 17.2 Å². The molecule has 0 aliphatic rings. The van der Waals surface area contributed by atoms with Gasteiger partial charge in [-0.3, -0.25) is 4.79 Å². The molecule has 1 amide bonds. The number of hydrogen-bond acceptors (Lipinski definition) is 4. The summed E-state index contributed by atoms with van der Waals surface area (Å²) in [5.41, 5.74) is 0.271. The van der Waals surface area contributed by atoms with Crippen LogP contribution in [0.5, 0.6) is 0 Å². The Balaban J connectivity index is 2.54. The Hall–Kier alpha value is -1.91. The highest BCUT2D eigenvalue weighted by Gasteiger charge is 2.14. The van der Waals surface area contributed by atoms with Gasteiger partial charge in [-0.05, 0) is 24.1 Å². The fourth-order valence-electron chi connectivity index (χ4n) is 1.52. The second-order valence-corrected chi connectivity index (χ2v) is 6.75. The summed E-state index contributed by atoms with van der Waals surface area (Å²) < 4.78 is 26.3. The zero-order valence-corrected chi connectivity index (χ0v) is 12.9. The third-order valence-electron chi connectivity index (χ3n) is 2.63. The number of amides is 1. The highest BCUT2D eigenvalue weighted by atomic mass is 32.2. The van der Waals surface area contributed by atoms with Crippen LogP contribution in [0.4, 0.5) is 0 Å². The first kappa shape index (κ1) is 17.1. The van der Waals surface area contributed by atoms with Gasteiger partial charge in [0, 0.05) is 19.5 Å². The zero-order chi connectivity index (χ0) is 15.9. The largest absolute Gasteiger partial charge is 0.356 e. The lowest BCUT2D eigenvalue weighted by Gasteiger charge is -2.09. The fraction of sp³-hybridized carbons (Fsp3) is 0.429. The Morgan fingerprint density at radius 1 is 1.38 bits per heavy atom. The molecule has 0 saturated carbocycles. The number of rotatable bonds is 7. The smallest absolute Gasteiger partial charge is 0.240 e. The second-order valence-electron chi connectivity index (χ2n) is 4.99. The molecule has 21 heavy (non-hydrogen) atoms. The van der Waals surface area contributed by atoms with Gasteiger partial charge in [-0.25, -0.2) is 13.1 Å². The molecule has 6 nitrogen and oxygen atoms in total. The Kier molecular flexibility index (Phi) is 6.34. The van der Waals surface area contributed by atoms with E-state index in [0.29, 0.717) is 12.5 Å². The van der Waals surface area contributed by atoms with Crippen LogP contribution in [0.25, 0.3) is 0 Å². The number of carbonyl (C=O) groups excluding carboxylic acids is 1. The molecular formula is C14H19N3O3S. The minimum absolute atomic E-state index is 0.0169. The lowest BCUT2D eigenvalue weighted by atomic mass is 10.2. The van der Waals surface area contributed by atoms with Crippen molar-refractivity contribution in [3.05, 3.63) is 29.8 Å². The molecule has 0 unspecified atom stereocenters. The average Bonchev–Trinajstić information content (AvgIpc) is 2.45. The molecule has 114 valence electrons. The molecule has 0 bridgehead atoms. The van der Waals surface area contributed by atoms with E-state index < -0.39 is 10.0 Å². The normalized spacial score (nSPS) is 11.1. The maximum absolute atomic E-state index is 12.0. The van der Waals surface area contributed by atoms with E-state index >= 15 is 0 Å². The number of carbonyl (C=O) groups is 1. The van der Waals surface area contributed by atoms with Crippen LogP contribution in [0.3, 0.4) is 0 Å². The summed E-state index contributed by atoms with van der Waals surface area (Å²) in [4.78, 5) is 11.5. The predicted molar refractivity (Wildman–Crippen MR) is 78.8 cm³/mol. The van der Waals surface area contributed by atoms with Crippen molar-refractivity contribution >= 4 is 15.9 Å². The predicted octanol–water partition coefficient (Wildman–Crippen LogP) is 0.999. The van der Waals surface area contributed by atoms with Gasteiger partial charge in [0.05, 0.1) is 16.5 Å². The first-order valence-corrected chi connectivity index (χ1v) is 8.10. The van der Waals surface area contributed by atoms with Gasteiger partial charge in [0.1, 0.15) is 0 Å². The molecule has 0 saturated heterocycles. The molecule has 0 heterocycles. The van der Waals surface area contributed by atoms with Crippen molar-refractivity contribution in [2.24, 2.45) is 5.92 Å². The number of nitrogens with one attached hydrogen (secondary N) is 2. The van der Waals surface area contributed by atoms with Crippen molar-refractivity contribution in [3.63, 3.8) is 0 Å². The van der Waals surface area contributed by atoms with Crippen molar-refractivity contribution in [1.82, 2.24) is 10.0 Å². The first-order valence-electron chi connectivity index (χ1n) is 6.61. The molecule has 2 N–H and O–H groups in total. The van der Waals surface area contributed by atoms with Crippen molar-refractivity contribution < 1.29 is 13.2 Å². The summed E-state index contributed by atoms with van der Waals surface area (Å²) in [6, 6.07) is 7.61. The molecule has 0 aliphatic carbocycles. The SMILES string of the molecule is CC(C)CNC(=O)CCNS(=O)(=O)c1cccc(C#N)c1. The second kappa shape index (κ2) is 7.76. The highest BCUT2D eigenvalue weighted by Crippen LogP contribution is 2.10. The summed E-state index contributed by atoms with van der Waals surface area (Å²) in [5.74, 6) is 0.150.